The molecule has 0 spiro atoms. The third-order valence-corrected chi connectivity index (χ3v) is 10.9. The van der Waals surface area contributed by atoms with Crippen LogP contribution in [0.2, 0.25) is 0 Å². The summed E-state index contributed by atoms with van der Waals surface area (Å²) >= 11 is 0. The molecule has 274 valence electrons. The van der Waals surface area contributed by atoms with Crippen molar-refractivity contribution in [2.45, 2.75) is 38.5 Å². The largest absolute Gasteiger partial charge is 0.493 e. The van der Waals surface area contributed by atoms with Gasteiger partial charge in [0.15, 0.2) is 23.0 Å². The Morgan fingerprint density at radius 1 is 0.654 bits per heavy atom. The highest BCUT2D eigenvalue weighted by molar-refractivity contribution is 7.33. The lowest BCUT2D eigenvalue weighted by atomic mass is 10.0. The number of methoxy groups -OCH3 is 4. The Labute approximate surface area is 304 Å². The molecule has 2 aliphatic rings. The zero-order valence-electron chi connectivity index (χ0n) is 30.1. The van der Waals surface area contributed by atoms with Gasteiger partial charge in [0, 0.05) is 61.5 Å². The van der Waals surface area contributed by atoms with Gasteiger partial charge in [0.25, 0.3) is 0 Å². The van der Waals surface area contributed by atoms with Gasteiger partial charge >= 0.3 is 8.25 Å². The lowest BCUT2D eigenvalue weighted by Gasteiger charge is -2.26. The van der Waals surface area contributed by atoms with Gasteiger partial charge in [-0.3, -0.25) is 14.5 Å². The third-order valence-electron chi connectivity index (χ3n) is 10.1. The summed E-state index contributed by atoms with van der Waals surface area (Å²) in [6.07, 6.45) is 8.51. The van der Waals surface area contributed by atoms with E-state index in [0.29, 0.717) is 47.3 Å². The number of nitrogens with zero attached hydrogens (tertiary/aromatic N) is 6. The highest BCUT2D eigenvalue weighted by atomic mass is 31.1. The minimum absolute atomic E-state index is 0.213. The summed E-state index contributed by atoms with van der Waals surface area (Å²) in [6.45, 7) is 3.70. The summed E-state index contributed by atoms with van der Waals surface area (Å²) < 4.78 is 46.6. The maximum absolute atomic E-state index is 12.9. The molecule has 2 atom stereocenters. The number of aromatic nitrogens is 2. The molecule has 2 unspecified atom stereocenters. The van der Waals surface area contributed by atoms with Gasteiger partial charge in [0.05, 0.1) is 75.2 Å². The molecule has 13 nitrogen and oxygen atoms in total. The van der Waals surface area contributed by atoms with Crippen molar-refractivity contribution in [2.75, 3.05) is 77.6 Å². The third kappa shape index (κ3) is 7.98. The average molecular weight is 729 g/mol. The quantitative estimate of drug-likeness (QED) is 0.139. The molecule has 2 fully saturated rings. The highest BCUT2D eigenvalue weighted by Gasteiger charge is 2.25. The van der Waals surface area contributed by atoms with Gasteiger partial charge in [-0.2, -0.15) is 10.5 Å². The van der Waals surface area contributed by atoms with Crippen molar-refractivity contribution in [3.63, 3.8) is 0 Å². The van der Waals surface area contributed by atoms with Gasteiger partial charge in [0.2, 0.25) is 0 Å². The van der Waals surface area contributed by atoms with Crippen molar-refractivity contribution in [2.24, 2.45) is 11.8 Å². The molecule has 0 N–H and O–H groups in total. The Morgan fingerprint density at radius 3 is 1.44 bits per heavy atom. The van der Waals surface area contributed by atoms with Crippen molar-refractivity contribution in [3.05, 3.63) is 47.8 Å². The number of hydrogen-bond acceptors (Lipinski definition) is 13. The molecule has 6 rings (SSSR count). The minimum atomic E-state index is -2.68. The smallest absolute Gasteiger partial charge is 0.319 e. The van der Waals surface area contributed by atoms with E-state index in [1.54, 1.807) is 40.8 Å². The topological polar surface area (TPSA) is 152 Å². The van der Waals surface area contributed by atoms with Crippen LogP contribution in [0.5, 0.6) is 23.0 Å². The monoisotopic (exact) mass is 728 g/mol. The van der Waals surface area contributed by atoms with E-state index in [2.05, 4.69) is 31.9 Å². The lowest BCUT2D eigenvalue weighted by molar-refractivity contribution is 0.169. The second kappa shape index (κ2) is 17.1. The van der Waals surface area contributed by atoms with Gasteiger partial charge in [-0.1, -0.05) is 0 Å². The van der Waals surface area contributed by atoms with Crippen LogP contribution >= 0.6 is 8.25 Å². The number of benzene rings is 2. The first kappa shape index (κ1) is 37.0. The van der Waals surface area contributed by atoms with E-state index in [-0.39, 0.29) is 11.8 Å². The molecule has 0 bridgehead atoms. The normalized spacial score (nSPS) is 18.6. The van der Waals surface area contributed by atoms with Crippen LogP contribution in [0.25, 0.3) is 21.8 Å². The minimum Gasteiger partial charge on any atom is -0.493 e. The van der Waals surface area contributed by atoms with Crippen LogP contribution in [0.4, 0.5) is 11.4 Å². The number of hydrogen-bond donors (Lipinski definition) is 0. The summed E-state index contributed by atoms with van der Waals surface area (Å²) in [7, 11) is 3.68. The van der Waals surface area contributed by atoms with E-state index in [4.69, 9.17) is 28.0 Å². The summed E-state index contributed by atoms with van der Waals surface area (Å²) in [5.74, 6) is 2.76. The highest BCUT2D eigenvalue weighted by Crippen LogP contribution is 2.40. The van der Waals surface area contributed by atoms with Gasteiger partial charge < -0.3 is 37.8 Å². The maximum atomic E-state index is 12.9. The Balaban J connectivity index is 1.03. The molecule has 4 aromatic rings. The number of pyridine rings is 2. The van der Waals surface area contributed by atoms with E-state index < -0.39 is 8.25 Å². The molecule has 2 aliphatic heterocycles. The van der Waals surface area contributed by atoms with E-state index in [0.717, 1.165) is 97.9 Å². The standard InChI is InChI=1S/C38H45N6O7P/c1-46-33-15-29-31(17-35(33)48-3)41-21-27(19-39)37(29)43-11-5-7-25(9-13-43)23-50-52(45)51-24-26-8-6-12-44(14-10-26)38-28(20-40)22-42-32-18-36(49-4)34(47-2)16-30(32)38/h15-18,21-22,25-26,52H,5-14,23-24H2,1-4H3. The van der Waals surface area contributed by atoms with E-state index in [1.807, 2.05) is 24.3 Å². The lowest BCUT2D eigenvalue weighted by Crippen LogP contribution is -2.26. The number of ether oxygens (including phenoxy) is 4. The van der Waals surface area contributed by atoms with Gasteiger partial charge in [0.1, 0.15) is 12.1 Å². The van der Waals surface area contributed by atoms with Crippen LogP contribution in [0.3, 0.4) is 0 Å². The van der Waals surface area contributed by atoms with Gasteiger partial charge in [-0.25, -0.2) is 0 Å². The second-order valence-corrected chi connectivity index (χ2v) is 14.2. The predicted molar refractivity (Wildman–Crippen MR) is 199 cm³/mol. The van der Waals surface area contributed by atoms with E-state index in [9.17, 15) is 15.1 Å². The average Bonchev–Trinajstić information content (AvgIpc) is 3.57. The first-order valence-electron chi connectivity index (χ1n) is 17.6. The fourth-order valence-electron chi connectivity index (χ4n) is 7.38. The number of fused-ring (bicyclic) bond motifs is 2. The molecule has 0 radical (unpaired) electrons. The molecule has 2 aromatic heterocycles. The van der Waals surface area contributed by atoms with Crippen molar-refractivity contribution in [1.82, 2.24) is 9.97 Å². The molecule has 2 saturated heterocycles. The molecule has 0 amide bonds. The van der Waals surface area contributed by atoms with Crippen LogP contribution in [0.15, 0.2) is 36.7 Å². The zero-order valence-corrected chi connectivity index (χ0v) is 31.1. The first-order chi connectivity index (χ1) is 25.4. The summed E-state index contributed by atoms with van der Waals surface area (Å²) in [5.41, 5.74) is 4.16. The second-order valence-electron chi connectivity index (χ2n) is 13.2. The van der Waals surface area contributed by atoms with Gasteiger partial charge in [-0.15, -0.1) is 0 Å². The Bertz CT molecular complexity index is 1870. The van der Waals surface area contributed by atoms with Crippen molar-refractivity contribution >= 4 is 41.4 Å². The van der Waals surface area contributed by atoms with Crippen LogP contribution in [-0.4, -0.2) is 77.8 Å². The fourth-order valence-corrected chi connectivity index (χ4v) is 8.21. The molecule has 2 aromatic carbocycles. The summed E-state index contributed by atoms with van der Waals surface area (Å²) in [4.78, 5) is 13.5. The SMILES string of the molecule is COc1cc2ncc(C#N)c(N3CCCC(CO[PH](=O)OCC4CCCN(c5c(C#N)cnc6cc(OC)c(OC)cc56)CC4)CC3)c2cc1OC. The van der Waals surface area contributed by atoms with Crippen LogP contribution in [-0.2, 0) is 13.6 Å². The van der Waals surface area contributed by atoms with Crippen LogP contribution in [0, 0.1) is 34.5 Å². The zero-order chi connectivity index (χ0) is 36.6. The van der Waals surface area contributed by atoms with Crippen LogP contribution in [0.1, 0.15) is 49.7 Å². The van der Waals surface area contributed by atoms with Crippen molar-refractivity contribution < 1.29 is 32.6 Å². The Hall–Kier alpha value is -4.81. The van der Waals surface area contributed by atoms with Crippen molar-refractivity contribution in [1.29, 1.82) is 10.5 Å². The molecule has 0 aliphatic carbocycles. The first-order valence-corrected chi connectivity index (χ1v) is 18.8. The number of nitriles is 2. The molecular weight excluding hydrogens is 683 g/mol. The van der Waals surface area contributed by atoms with Crippen LogP contribution < -0.4 is 28.7 Å². The molecule has 0 saturated carbocycles. The number of rotatable bonds is 12. The maximum Gasteiger partial charge on any atom is 0.319 e. The van der Waals surface area contributed by atoms with E-state index in [1.165, 1.54) is 0 Å². The molecule has 14 heteroatoms. The Morgan fingerprint density at radius 2 is 1.06 bits per heavy atom. The fraction of sp³-hybridized carbons (Fsp3) is 0.474. The van der Waals surface area contributed by atoms with Crippen molar-refractivity contribution in [3.8, 4) is 35.1 Å². The summed E-state index contributed by atoms with van der Waals surface area (Å²) in [5, 5.41) is 21.6. The van der Waals surface area contributed by atoms with Gasteiger partial charge in [-0.05, 0) is 62.5 Å². The molecular formula is C38H45N6O7P. The molecule has 4 heterocycles. The molecule has 52 heavy (non-hydrogen) atoms. The predicted octanol–water partition coefficient (Wildman–Crippen LogP) is 6.90. The van der Waals surface area contributed by atoms with E-state index >= 15 is 0 Å². The summed E-state index contributed by atoms with van der Waals surface area (Å²) in [6, 6.07) is 12.1. The Kier molecular flexibility index (Phi) is 12.2. The number of anilines is 2.